The van der Waals surface area contributed by atoms with Crippen LogP contribution < -0.4 is 10.9 Å². The molecule has 0 bridgehead atoms. The first-order valence-corrected chi connectivity index (χ1v) is 14.0. The molecule has 1 aliphatic heterocycles. The van der Waals surface area contributed by atoms with Crippen LogP contribution in [0.25, 0.3) is 11.0 Å². The van der Waals surface area contributed by atoms with Crippen LogP contribution in [0.2, 0.25) is 5.02 Å². The number of amides is 1. The van der Waals surface area contributed by atoms with Crippen LogP contribution in [0.1, 0.15) is 54.7 Å². The summed E-state index contributed by atoms with van der Waals surface area (Å²) in [5.41, 5.74) is 5.01. The number of aromatic nitrogens is 2. The first kappa shape index (κ1) is 28.8. The lowest BCUT2D eigenvalue weighted by Crippen LogP contribution is -2.41. The van der Waals surface area contributed by atoms with E-state index in [-0.39, 0.29) is 29.7 Å². The molecule has 1 fully saturated rings. The molecular formula is C29H29BBrClFN3O4. The van der Waals surface area contributed by atoms with E-state index in [4.69, 9.17) is 25.7 Å². The van der Waals surface area contributed by atoms with Gasteiger partial charge in [-0.25, -0.2) is 14.9 Å². The SMILES string of the molecule is Cn1cnc2c(F)c(Cc3ccc(Br)cc3Cl)c(C(=O)NOCc3ccc(B4OC(C)(C)C(C)(C)O4)cc3)cc21. The number of imidazole rings is 1. The number of hydrogen-bond acceptors (Lipinski definition) is 5. The van der Waals surface area contributed by atoms with Crippen molar-refractivity contribution in [2.24, 2.45) is 7.05 Å². The van der Waals surface area contributed by atoms with E-state index in [1.54, 1.807) is 29.8 Å². The van der Waals surface area contributed by atoms with Crippen LogP contribution in [0.5, 0.6) is 0 Å². The molecule has 0 saturated carbocycles. The quantitative estimate of drug-likeness (QED) is 0.205. The van der Waals surface area contributed by atoms with Gasteiger partial charge in [0.2, 0.25) is 0 Å². The molecule has 0 aliphatic carbocycles. The first-order chi connectivity index (χ1) is 18.9. The largest absolute Gasteiger partial charge is 0.494 e. The predicted molar refractivity (Wildman–Crippen MR) is 157 cm³/mol. The molecule has 0 radical (unpaired) electrons. The Morgan fingerprint density at radius 3 is 2.45 bits per heavy atom. The van der Waals surface area contributed by atoms with Crippen molar-refractivity contribution in [3.63, 3.8) is 0 Å². The Balaban J connectivity index is 1.31. The molecule has 0 unspecified atom stereocenters. The van der Waals surface area contributed by atoms with Crippen molar-refractivity contribution in [1.29, 1.82) is 0 Å². The summed E-state index contributed by atoms with van der Waals surface area (Å²) in [6.07, 6.45) is 1.61. The summed E-state index contributed by atoms with van der Waals surface area (Å²) in [4.78, 5) is 23.0. The van der Waals surface area contributed by atoms with E-state index in [0.717, 1.165) is 15.5 Å². The molecule has 3 aromatic carbocycles. The Kier molecular flexibility index (Phi) is 7.84. The number of rotatable bonds is 7. The Bertz CT molecular complexity index is 1580. The van der Waals surface area contributed by atoms with Crippen LogP contribution >= 0.6 is 27.5 Å². The molecule has 4 aromatic rings. The fourth-order valence-corrected chi connectivity index (χ4v) is 5.23. The number of halogens is 3. The standard InChI is InChI=1S/C29H29BBrClFN3O4/c1-28(2)29(3,4)40-30(39-28)19-9-6-17(7-10-19)15-38-35-27(37)22-14-24-26(34-16-36(24)5)25(33)21(22)12-18-8-11-20(31)13-23(18)32/h6-11,13-14,16H,12,15H2,1-5H3,(H,35,37). The molecule has 2 heterocycles. The molecule has 0 atom stereocenters. The van der Waals surface area contributed by atoms with Crippen LogP contribution in [-0.2, 0) is 34.2 Å². The van der Waals surface area contributed by atoms with E-state index in [1.165, 1.54) is 6.33 Å². The molecule has 1 aromatic heterocycles. The minimum atomic E-state index is -0.570. The van der Waals surface area contributed by atoms with Crippen LogP contribution in [-0.4, -0.2) is 33.8 Å². The summed E-state index contributed by atoms with van der Waals surface area (Å²) in [5, 5.41) is 0.460. The topological polar surface area (TPSA) is 74.6 Å². The predicted octanol–water partition coefficient (Wildman–Crippen LogP) is 5.88. The van der Waals surface area contributed by atoms with Gasteiger partial charge in [0, 0.05) is 28.5 Å². The van der Waals surface area contributed by atoms with Crippen molar-refractivity contribution in [1.82, 2.24) is 15.0 Å². The Labute approximate surface area is 246 Å². The molecule has 40 heavy (non-hydrogen) atoms. The van der Waals surface area contributed by atoms with Gasteiger partial charge in [-0.2, -0.15) is 0 Å². The summed E-state index contributed by atoms with van der Waals surface area (Å²) < 4.78 is 30.3. The van der Waals surface area contributed by atoms with Crippen LogP contribution in [0.15, 0.2) is 59.3 Å². The highest BCUT2D eigenvalue weighted by molar-refractivity contribution is 9.10. The maximum absolute atomic E-state index is 15.7. The second-order valence-corrected chi connectivity index (χ2v) is 12.2. The Morgan fingerprint density at radius 2 is 1.80 bits per heavy atom. The van der Waals surface area contributed by atoms with Gasteiger partial charge >= 0.3 is 7.12 Å². The van der Waals surface area contributed by atoms with E-state index in [9.17, 15) is 4.79 Å². The van der Waals surface area contributed by atoms with E-state index in [2.05, 4.69) is 26.4 Å². The van der Waals surface area contributed by atoms with Crippen molar-refractivity contribution in [2.75, 3.05) is 0 Å². The van der Waals surface area contributed by atoms with Gasteiger partial charge in [0.05, 0.1) is 35.2 Å². The molecule has 208 valence electrons. The highest BCUT2D eigenvalue weighted by atomic mass is 79.9. The maximum atomic E-state index is 15.7. The van der Waals surface area contributed by atoms with Crippen LogP contribution in [0.3, 0.4) is 0 Å². The Morgan fingerprint density at radius 1 is 1.12 bits per heavy atom. The van der Waals surface area contributed by atoms with E-state index in [1.807, 2.05) is 58.0 Å². The number of benzene rings is 3. The maximum Gasteiger partial charge on any atom is 0.494 e. The number of carbonyl (C=O) groups is 1. The zero-order valence-electron chi connectivity index (χ0n) is 22.8. The molecule has 7 nitrogen and oxygen atoms in total. The third-order valence-electron chi connectivity index (χ3n) is 7.60. The number of aryl methyl sites for hydroxylation is 1. The summed E-state index contributed by atoms with van der Waals surface area (Å²) >= 11 is 9.79. The molecule has 1 N–H and O–H groups in total. The highest BCUT2D eigenvalue weighted by Crippen LogP contribution is 2.36. The average Bonchev–Trinajstić information content (AvgIpc) is 3.37. The average molecular weight is 629 g/mol. The lowest BCUT2D eigenvalue weighted by Gasteiger charge is -2.32. The lowest BCUT2D eigenvalue weighted by molar-refractivity contribution is 0.00578. The van der Waals surface area contributed by atoms with Gasteiger partial charge in [0.15, 0.2) is 5.82 Å². The van der Waals surface area contributed by atoms with Crippen molar-refractivity contribution < 1.29 is 23.3 Å². The number of nitrogens with zero attached hydrogens (tertiary/aromatic N) is 2. The van der Waals surface area contributed by atoms with Gasteiger partial charge in [0.25, 0.3) is 5.91 Å². The molecule has 0 spiro atoms. The minimum Gasteiger partial charge on any atom is -0.399 e. The zero-order valence-corrected chi connectivity index (χ0v) is 25.2. The second kappa shape index (κ2) is 10.9. The third kappa shape index (κ3) is 5.56. The van der Waals surface area contributed by atoms with Crippen molar-refractivity contribution in [3.05, 3.63) is 92.4 Å². The monoisotopic (exact) mass is 627 g/mol. The number of nitrogens with one attached hydrogen (secondary N) is 1. The van der Waals surface area contributed by atoms with Crippen molar-refractivity contribution in [3.8, 4) is 0 Å². The second-order valence-electron chi connectivity index (χ2n) is 10.9. The number of hydrogen-bond donors (Lipinski definition) is 1. The van der Waals surface area contributed by atoms with Crippen LogP contribution in [0.4, 0.5) is 4.39 Å². The van der Waals surface area contributed by atoms with Crippen molar-refractivity contribution >= 4 is 57.1 Å². The van der Waals surface area contributed by atoms with Gasteiger partial charge in [-0.05, 0) is 62.5 Å². The summed E-state index contributed by atoms with van der Waals surface area (Å²) in [5.74, 6) is -1.14. The molecule has 1 saturated heterocycles. The third-order valence-corrected chi connectivity index (χ3v) is 8.44. The highest BCUT2D eigenvalue weighted by Gasteiger charge is 2.51. The minimum absolute atomic E-state index is 0.105. The Hall–Kier alpha value is -2.76. The first-order valence-electron chi connectivity index (χ1n) is 12.8. The summed E-state index contributed by atoms with van der Waals surface area (Å²) in [7, 11) is 1.28. The number of hydroxylamine groups is 1. The molecule has 11 heteroatoms. The van der Waals surface area contributed by atoms with E-state index < -0.39 is 30.0 Å². The number of fused-ring (bicyclic) bond motifs is 1. The summed E-state index contributed by atoms with van der Waals surface area (Å²) in [6, 6.07) is 14.5. The van der Waals surface area contributed by atoms with Gasteiger partial charge in [0.1, 0.15) is 5.52 Å². The smallest absolute Gasteiger partial charge is 0.399 e. The zero-order chi connectivity index (χ0) is 28.8. The van der Waals surface area contributed by atoms with Gasteiger partial charge in [-0.15, -0.1) is 0 Å². The summed E-state index contributed by atoms with van der Waals surface area (Å²) in [6.45, 7) is 8.15. The normalized spacial score (nSPS) is 16.1. The van der Waals surface area contributed by atoms with Gasteiger partial charge in [-0.1, -0.05) is 57.9 Å². The number of carbonyl (C=O) groups excluding carboxylic acids is 1. The van der Waals surface area contributed by atoms with Crippen LogP contribution in [0, 0.1) is 5.82 Å². The molecular weight excluding hydrogens is 600 g/mol. The van der Waals surface area contributed by atoms with E-state index in [0.29, 0.717) is 16.1 Å². The lowest BCUT2D eigenvalue weighted by atomic mass is 9.79. The van der Waals surface area contributed by atoms with E-state index >= 15 is 4.39 Å². The van der Waals surface area contributed by atoms with Crippen molar-refractivity contribution in [2.45, 2.75) is 51.9 Å². The molecule has 1 amide bonds. The fraction of sp³-hybridized carbons (Fsp3) is 0.310. The molecule has 5 rings (SSSR count). The van der Waals surface area contributed by atoms with Gasteiger partial charge in [-0.3, -0.25) is 9.63 Å². The fourth-order valence-electron chi connectivity index (χ4n) is 4.48. The van der Waals surface area contributed by atoms with Gasteiger partial charge < -0.3 is 13.9 Å². The molecule has 1 aliphatic rings.